The molecule has 144 valence electrons. The highest BCUT2D eigenvalue weighted by Crippen LogP contribution is 2.46. The van der Waals surface area contributed by atoms with Crippen LogP contribution in [0.25, 0.3) is 11.1 Å². The Morgan fingerprint density at radius 1 is 0.929 bits per heavy atom. The molecule has 3 nitrogen and oxygen atoms in total. The van der Waals surface area contributed by atoms with Gasteiger partial charge in [-0.3, -0.25) is 0 Å². The van der Waals surface area contributed by atoms with E-state index in [2.05, 4.69) is 35.2 Å². The van der Waals surface area contributed by atoms with Crippen molar-refractivity contribution in [3.63, 3.8) is 0 Å². The van der Waals surface area contributed by atoms with Crippen LogP contribution in [0.4, 0.5) is 0 Å². The number of aryl methyl sites for hydroxylation is 1. The second kappa shape index (κ2) is 7.42. The second-order valence-electron chi connectivity index (χ2n) is 8.05. The molecule has 2 N–H and O–H groups in total. The third-order valence-electron chi connectivity index (χ3n) is 5.85. The molecule has 0 saturated heterocycles. The van der Waals surface area contributed by atoms with Gasteiger partial charge >= 0.3 is 0 Å². The summed E-state index contributed by atoms with van der Waals surface area (Å²) in [5, 5.41) is 22.1. The van der Waals surface area contributed by atoms with E-state index < -0.39 is 5.60 Å². The molecule has 2 atom stereocenters. The Morgan fingerprint density at radius 2 is 1.71 bits per heavy atom. The van der Waals surface area contributed by atoms with E-state index in [9.17, 15) is 10.2 Å². The summed E-state index contributed by atoms with van der Waals surface area (Å²) in [6, 6.07) is 23.8. The van der Waals surface area contributed by atoms with E-state index in [-0.39, 0.29) is 11.7 Å². The molecule has 0 bridgehead atoms. The van der Waals surface area contributed by atoms with Crippen LogP contribution in [0.15, 0.2) is 72.8 Å². The van der Waals surface area contributed by atoms with Crippen LogP contribution < -0.4 is 0 Å². The molecule has 0 amide bonds. The molecule has 28 heavy (non-hydrogen) atoms. The van der Waals surface area contributed by atoms with Crippen LogP contribution in [-0.4, -0.2) is 35.8 Å². The number of rotatable bonds is 4. The van der Waals surface area contributed by atoms with Crippen molar-refractivity contribution in [1.82, 2.24) is 4.90 Å². The number of hydrogen-bond donors (Lipinski definition) is 2. The summed E-state index contributed by atoms with van der Waals surface area (Å²) >= 11 is 0. The summed E-state index contributed by atoms with van der Waals surface area (Å²) in [5.41, 5.74) is 4.13. The molecule has 3 aromatic rings. The predicted molar refractivity (Wildman–Crippen MR) is 113 cm³/mol. The van der Waals surface area contributed by atoms with Gasteiger partial charge in [0, 0.05) is 12.5 Å². The van der Waals surface area contributed by atoms with Crippen LogP contribution in [-0.2, 0) is 12.0 Å². The fraction of sp³-hybridized carbons (Fsp3) is 0.280. The van der Waals surface area contributed by atoms with Gasteiger partial charge in [0.25, 0.3) is 0 Å². The smallest absolute Gasteiger partial charge is 0.119 e. The Kier molecular flexibility index (Phi) is 4.96. The van der Waals surface area contributed by atoms with E-state index >= 15 is 0 Å². The molecule has 0 saturated carbocycles. The van der Waals surface area contributed by atoms with Crippen molar-refractivity contribution in [3.05, 3.63) is 89.5 Å². The fourth-order valence-corrected chi connectivity index (χ4v) is 4.54. The van der Waals surface area contributed by atoms with E-state index in [0.29, 0.717) is 0 Å². The van der Waals surface area contributed by atoms with E-state index in [0.717, 1.165) is 30.5 Å². The summed E-state index contributed by atoms with van der Waals surface area (Å²) in [6.45, 7) is 0.784. The van der Waals surface area contributed by atoms with Gasteiger partial charge in [-0.25, -0.2) is 0 Å². The maximum Gasteiger partial charge on any atom is 0.119 e. The standard InChI is InChI=1S/C25H27NO2/c1-26(2)17-22-13-11-20-15-19(18-7-4-3-5-8-18)12-14-24(20)25(22,28)21-9-6-10-23(27)16-21/h3-10,12,14-16,22,27-28H,11,13,17H2,1-2H3/t22-,25+/m1/s1. The van der Waals surface area contributed by atoms with Crippen molar-refractivity contribution >= 4 is 0 Å². The summed E-state index contributed by atoms with van der Waals surface area (Å²) in [4.78, 5) is 2.13. The molecule has 1 aliphatic carbocycles. The van der Waals surface area contributed by atoms with Gasteiger partial charge in [-0.2, -0.15) is 0 Å². The fourth-order valence-electron chi connectivity index (χ4n) is 4.54. The number of hydrogen-bond acceptors (Lipinski definition) is 3. The molecule has 0 radical (unpaired) electrons. The summed E-state index contributed by atoms with van der Waals surface area (Å²) in [5.74, 6) is 0.238. The lowest BCUT2D eigenvalue weighted by atomic mass is 9.67. The number of phenols is 1. The molecule has 0 aliphatic heterocycles. The highest BCUT2D eigenvalue weighted by molar-refractivity contribution is 5.66. The molecule has 4 rings (SSSR count). The first-order chi connectivity index (χ1) is 13.5. The monoisotopic (exact) mass is 373 g/mol. The molecule has 0 spiro atoms. The number of aromatic hydroxyl groups is 1. The molecule has 0 heterocycles. The van der Waals surface area contributed by atoms with Gasteiger partial charge in [0.15, 0.2) is 0 Å². The first-order valence-corrected chi connectivity index (χ1v) is 9.84. The first-order valence-electron chi connectivity index (χ1n) is 9.84. The molecule has 1 aliphatic rings. The SMILES string of the molecule is CN(C)C[C@H]1CCc2cc(-c3ccccc3)ccc2[C@]1(O)c1cccc(O)c1. The topological polar surface area (TPSA) is 43.7 Å². The van der Waals surface area contributed by atoms with E-state index in [1.54, 1.807) is 12.1 Å². The predicted octanol–water partition coefficient (Wildman–Crippen LogP) is 4.42. The van der Waals surface area contributed by atoms with Crippen LogP contribution in [0.5, 0.6) is 5.75 Å². The van der Waals surface area contributed by atoms with Crippen LogP contribution in [0.3, 0.4) is 0 Å². The number of nitrogens with zero attached hydrogens (tertiary/aromatic N) is 1. The Bertz CT molecular complexity index is 967. The van der Waals surface area contributed by atoms with Crippen LogP contribution in [0.1, 0.15) is 23.1 Å². The third-order valence-corrected chi connectivity index (χ3v) is 5.85. The van der Waals surface area contributed by atoms with Gasteiger partial charge < -0.3 is 15.1 Å². The van der Waals surface area contributed by atoms with Crippen molar-refractivity contribution in [2.24, 2.45) is 5.92 Å². The molecule has 3 aromatic carbocycles. The van der Waals surface area contributed by atoms with Crippen molar-refractivity contribution in [2.75, 3.05) is 20.6 Å². The van der Waals surface area contributed by atoms with E-state index in [4.69, 9.17) is 0 Å². The maximum absolute atomic E-state index is 12.1. The molecular weight excluding hydrogens is 346 g/mol. The number of phenolic OH excluding ortho intramolecular Hbond substituents is 1. The minimum atomic E-state index is -1.12. The molecule has 0 fully saturated rings. The van der Waals surface area contributed by atoms with Gasteiger partial charge in [0.05, 0.1) is 0 Å². The lowest BCUT2D eigenvalue weighted by Gasteiger charge is -2.43. The van der Waals surface area contributed by atoms with Crippen molar-refractivity contribution in [2.45, 2.75) is 18.4 Å². The summed E-state index contributed by atoms with van der Waals surface area (Å²) in [6.07, 6.45) is 1.84. The zero-order chi connectivity index (χ0) is 19.7. The minimum absolute atomic E-state index is 0.0550. The van der Waals surface area contributed by atoms with Gasteiger partial charge in [0.1, 0.15) is 11.4 Å². The minimum Gasteiger partial charge on any atom is -0.508 e. The highest BCUT2D eigenvalue weighted by atomic mass is 16.3. The molecule has 0 aromatic heterocycles. The number of aliphatic hydroxyl groups is 1. The summed E-state index contributed by atoms with van der Waals surface area (Å²) < 4.78 is 0. The lowest BCUT2D eigenvalue weighted by Crippen LogP contribution is -2.45. The van der Waals surface area contributed by atoms with Crippen molar-refractivity contribution in [1.29, 1.82) is 0 Å². The van der Waals surface area contributed by atoms with Crippen molar-refractivity contribution < 1.29 is 10.2 Å². The number of benzene rings is 3. The molecule has 3 heteroatoms. The van der Waals surface area contributed by atoms with Gasteiger partial charge in [-0.05, 0) is 66.9 Å². The Hall–Kier alpha value is -2.62. The van der Waals surface area contributed by atoms with Gasteiger partial charge in [0.2, 0.25) is 0 Å². The lowest BCUT2D eigenvalue weighted by molar-refractivity contribution is -0.00649. The third kappa shape index (κ3) is 3.32. The number of fused-ring (bicyclic) bond motifs is 1. The van der Waals surface area contributed by atoms with Gasteiger partial charge in [-0.1, -0.05) is 60.7 Å². The second-order valence-corrected chi connectivity index (χ2v) is 8.05. The Morgan fingerprint density at radius 3 is 2.43 bits per heavy atom. The maximum atomic E-state index is 12.1. The Balaban J connectivity index is 1.84. The van der Waals surface area contributed by atoms with Crippen LogP contribution >= 0.6 is 0 Å². The zero-order valence-corrected chi connectivity index (χ0v) is 16.5. The van der Waals surface area contributed by atoms with E-state index in [1.807, 2.05) is 44.4 Å². The molecular formula is C25H27NO2. The van der Waals surface area contributed by atoms with E-state index in [1.165, 1.54) is 16.7 Å². The van der Waals surface area contributed by atoms with Gasteiger partial charge in [-0.15, -0.1) is 0 Å². The first kappa shape index (κ1) is 18.7. The molecule has 0 unspecified atom stereocenters. The van der Waals surface area contributed by atoms with Crippen LogP contribution in [0.2, 0.25) is 0 Å². The Labute approximate surface area is 166 Å². The normalized spacial score (nSPS) is 21.5. The largest absolute Gasteiger partial charge is 0.508 e. The quantitative estimate of drug-likeness (QED) is 0.711. The van der Waals surface area contributed by atoms with Crippen molar-refractivity contribution in [3.8, 4) is 16.9 Å². The average Bonchev–Trinajstić information content (AvgIpc) is 2.70. The van der Waals surface area contributed by atoms with Crippen LogP contribution in [0, 0.1) is 5.92 Å². The average molecular weight is 373 g/mol. The summed E-state index contributed by atoms with van der Waals surface area (Å²) in [7, 11) is 4.08. The zero-order valence-electron chi connectivity index (χ0n) is 16.5. The highest BCUT2D eigenvalue weighted by Gasteiger charge is 2.44.